The number of aromatic nitrogens is 2. The highest BCUT2D eigenvalue weighted by atomic mass is 32.2. The molecule has 1 atom stereocenters. The molecule has 2 aromatic carbocycles. The zero-order valence-corrected chi connectivity index (χ0v) is 16.3. The zero-order valence-electron chi connectivity index (χ0n) is 15.4. The van der Waals surface area contributed by atoms with Crippen LogP contribution in [0, 0.1) is 13.8 Å². The van der Waals surface area contributed by atoms with E-state index in [0.717, 1.165) is 24.2 Å². The predicted molar refractivity (Wildman–Crippen MR) is 105 cm³/mol. The second-order valence-electron chi connectivity index (χ2n) is 6.47. The van der Waals surface area contributed by atoms with Crippen LogP contribution in [-0.2, 0) is 13.0 Å². The number of hydrogen-bond donors (Lipinski definition) is 0. The molecule has 5 heteroatoms. The molecule has 3 rings (SSSR count). The smallest absolute Gasteiger partial charge is 0.276 e. The normalized spacial score (nSPS) is 12.1. The van der Waals surface area contributed by atoms with E-state index in [9.17, 15) is 0 Å². The Bertz CT molecular complexity index is 833. The lowest BCUT2D eigenvalue weighted by molar-refractivity contribution is 0.250. The van der Waals surface area contributed by atoms with Gasteiger partial charge in [0, 0.05) is 5.25 Å². The van der Waals surface area contributed by atoms with Crippen molar-refractivity contribution in [2.45, 2.75) is 50.7 Å². The van der Waals surface area contributed by atoms with Gasteiger partial charge < -0.3 is 9.15 Å². The molecule has 26 heavy (non-hydrogen) atoms. The van der Waals surface area contributed by atoms with Gasteiger partial charge in [-0.05, 0) is 49.4 Å². The minimum absolute atomic E-state index is 0.288. The predicted octanol–water partition coefficient (Wildman–Crippen LogP) is 5.38. The van der Waals surface area contributed by atoms with Crippen LogP contribution in [0.4, 0.5) is 0 Å². The zero-order chi connectivity index (χ0) is 18.4. The van der Waals surface area contributed by atoms with E-state index in [4.69, 9.17) is 9.15 Å². The Hall–Kier alpha value is -2.27. The third kappa shape index (κ3) is 5.36. The number of rotatable bonds is 8. The average Bonchev–Trinajstić information content (AvgIpc) is 3.09. The number of aryl methyl sites for hydroxylation is 3. The van der Waals surface area contributed by atoms with Gasteiger partial charge in [0.05, 0.1) is 0 Å². The lowest BCUT2D eigenvalue weighted by Crippen LogP contribution is -1.98. The fraction of sp³-hybridized carbons (Fsp3) is 0.333. The van der Waals surface area contributed by atoms with E-state index in [-0.39, 0.29) is 6.61 Å². The van der Waals surface area contributed by atoms with E-state index in [1.807, 2.05) is 32.0 Å². The fourth-order valence-corrected chi connectivity index (χ4v) is 3.40. The minimum atomic E-state index is 0.288. The van der Waals surface area contributed by atoms with Crippen molar-refractivity contribution < 1.29 is 9.15 Å². The van der Waals surface area contributed by atoms with Crippen molar-refractivity contribution in [1.29, 1.82) is 0 Å². The second-order valence-corrected chi connectivity index (χ2v) is 7.86. The van der Waals surface area contributed by atoms with Gasteiger partial charge in [0.2, 0.25) is 0 Å². The van der Waals surface area contributed by atoms with Gasteiger partial charge in [-0.2, -0.15) is 0 Å². The summed E-state index contributed by atoms with van der Waals surface area (Å²) in [6.07, 6.45) is 2.11. The summed E-state index contributed by atoms with van der Waals surface area (Å²) in [4.78, 5) is 0. The second kappa shape index (κ2) is 8.90. The van der Waals surface area contributed by atoms with Crippen molar-refractivity contribution in [2.24, 2.45) is 0 Å². The molecule has 0 aliphatic rings. The minimum Gasteiger partial charge on any atom is -0.484 e. The molecule has 0 radical (unpaired) electrons. The Balaban J connectivity index is 1.49. The van der Waals surface area contributed by atoms with E-state index in [1.165, 1.54) is 11.1 Å². The van der Waals surface area contributed by atoms with Crippen molar-refractivity contribution >= 4 is 11.8 Å². The first kappa shape index (κ1) is 18.5. The van der Waals surface area contributed by atoms with Crippen LogP contribution < -0.4 is 4.74 Å². The topological polar surface area (TPSA) is 48.2 Å². The van der Waals surface area contributed by atoms with Crippen molar-refractivity contribution in [3.8, 4) is 5.75 Å². The third-order valence-corrected chi connectivity index (χ3v) is 5.13. The molecule has 1 heterocycles. The molecule has 3 aromatic rings. The molecule has 0 amide bonds. The van der Waals surface area contributed by atoms with Gasteiger partial charge in [0.25, 0.3) is 11.1 Å². The summed E-state index contributed by atoms with van der Waals surface area (Å²) in [5.74, 6) is 1.36. The van der Waals surface area contributed by atoms with Crippen LogP contribution in [0.2, 0.25) is 0 Å². The Morgan fingerprint density at radius 3 is 2.69 bits per heavy atom. The van der Waals surface area contributed by atoms with E-state index in [1.54, 1.807) is 11.8 Å². The Morgan fingerprint density at radius 2 is 1.88 bits per heavy atom. The third-order valence-electron chi connectivity index (χ3n) is 4.13. The van der Waals surface area contributed by atoms with Gasteiger partial charge in [-0.3, -0.25) is 0 Å². The number of hydrogen-bond acceptors (Lipinski definition) is 5. The molecule has 1 aromatic heterocycles. The SMILES string of the molecule is Cc1ccc(C)c(OCc2nnc(SC(C)CCc3ccccc3)o2)c1. The Labute approximate surface area is 159 Å². The van der Waals surface area contributed by atoms with Crippen LogP contribution in [0.25, 0.3) is 0 Å². The standard InChI is InChI=1S/C21H24N2O2S/c1-15-9-10-16(2)19(13-15)24-14-20-22-23-21(25-20)26-17(3)11-12-18-7-5-4-6-8-18/h4-10,13,17H,11-12,14H2,1-3H3. The summed E-state index contributed by atoms with van der Waals surface area (Å²) in [5, 5.41) is 9.23. The number of benzene rings is 2. The van der Waals surface area contributed by atoms with Crippen LogP contribution in [-0.4, -0.2) is 15.4 Å². The summed E-state index contributed by atoms with van der Waals surface area (Å²) in [6, 6.07) is 16.7. The lowest BCUT2D eigenvalue weighted by Gasteiger charge is -2.08. The molecule has 0 N–H and O–H groups in total. The molecule has 4 nitrogen and oxygen atoms in total. The van der Waals surface area contributed by atoms with Crippen LogP contribution in [0.5, 0.6) is 5.75 Å². The molecule has 0 saturated carbocycles. The lowest BCUT2D eigenvalue weighted by atomic mass is 10.1. The van der Waals surface area contributed by atoms with Gasteiger partial charge in [0.15, 0.2) is 6.61 Å². The number of thioether (sulfide) groups is 1. The maximum Gasteiger partial charge on any atom is 0.276 e. The molecular weight excluding hydrogens is 344 g/mol. The van der Waals surface area contributed by atoms with Crippen molar-refractivity contribution in [2.75, 3.05) is 0 Å². The molecule has 0 saturated heterocycles. The van der Waals surface area contributed by atoms with Crippen LogP contribution in [0.3, 0.4) is 0 Å². The fourth-order valence-electron chi connectivity index (χ4n) is 2.59. The first-order chi connectivity index (χ1) is 12.6. The molecule has 1 unspecified atom stereocenters. The number of ether oxygens (including phenoxy) is 1. The Morgan fingerprint density at radius 1 is 1.08 bits per heavy atom. The van der Waals surface area contributed by atoms with Crippen LogP contribution >= 0.6 is 11.8 Å². The Kier molecular flexibility index (Phi) is 6.34. The van der Waals surface area contributed by atoms with Crippen molar-refractivity contribution in [1.82, 2.24) is 10.2 Å². The molecule has 0 aliphatic carbocycles. The summed E-state index contributed by atoms with van der Waals surface area (Å²) >= 11 is 1.62. The molecule has 0 fully saturated rings. The van der Waals surface area contributed by atoms with E-state index in [2.05, 4.69) is 47.5 Å². The largest absolute Gasteiger partial charge is 0.484 e. The number of nitrogens with zero attached hydrogens (tertiary/aromatic N) is 2. The van der Waals surface area contributed by atoms with E-state index in [0.29, 0.717) is 16.4 Å². The highest BCUT2D eigenvalue weighted by Gasteiger charge is 2.12. The average molecular weight is 369 g/mol. The molecule has 0 spiro atoms. The summed E-state index contributed by atoms with van der Waals surface area (Å²) in [7, 11) is 0. The summed E-state index contributed by atoms with van der Waals surface area (Å²) in [6.45, 7) is 6.54. The highest BCUT2D eigenvalue weighted by Crippen LogP contribution is 2.26. The summed E-state index contributed by atoms with van der Waals surface area (Å²) in [5.41, 5.74) is 3.62. The monoisotopic (exact) mass is 368 g/mol. The quantitative estimate of drug-likeness (QED) is 0.500. The van der Waals surface area contributed by atoms with Gasteiger partial charge >= 0.3 is 0 Å². The van der Waals surface area contributed by atoms with Gasteiger partial charge in [-0.15, -0.1) is 10.2 Å². The van der Waals surface area contributed by atoms with E-state index >= 15 is 0 Å². The molecule has 136 valence electrons. The van der Waals surface area contributed by atoms with Crippen LogP contribution in [0.1, 0.15) is 35.9 Å². The van der Waals surface area contributed by atoms with Gasteiger partial charge in [-0.1, -0.05) is 61.2 Å². The maximum absolute atomic E-state index is 5.82. The summed E-state index contributed by atoms with van der Waals surface area (Å²) < 4.78 is 11.5. The maximum atomic E-state index is 5.82. The van der Waals surface area contributed by atoms with Crippen molar-refractivity contribution in [3.63, 3.8) is 0 Å². The first-order valence-corrected chi connectivity index (χ1v) is 9.71. The molecule has 0 bridgehead atoms. The van der Waals surface area contributed by atoms with Crippen LogP contribution in [0.15, 0.2) is 58.2 Å². The molecular formula is C21H24N2O2S. The van der Waals surface area contributed by atoms with Crippen molar-refractivity contribution in [3.05, 3.63) is 71.1 Å². The van der Waals surface area contributed by atoms with Gasteiger partial charge in [0.1, 0.15) is 5.75 Å². The van der Waals surface area contributed by atoms with Gasteiger partial charge in [-0.25, -0.2) is 0 Å². The molecule has 0 aliphatic heterocycles. The van der Waals surface area contributed by atoms with E-state index < -0.39 is 0 Å². The first-order valence-electron chi connectivity index (χ1n) is 8.83. The highest BCUT2D eigenvalue weighted by molar-refractivity contribution is 7.99.